The lowest BCUT2D eigenvalue weighted by Crippen LogP contribution is -2.43. The molecule has 1 N–H and O–H groups in total. The standard InChI is InChI=1S/C17H20N2O2.ClH/c1-11-2-3-15-13(6-11)7-16(21-15)17(20)19-5-4-12-8-18-9-14(12)10-19;/h2-3,6-7,12,14,18H,4-5,8-10H2,1H3;1H. The molecule has 2 unspecified atom stereocenters. The van der Waals surface area contributed by atoms with Crippen LogP contribution in [0.5, 0.6) is 0 Å². The van der Waals surface area contributed by atoms with Crippen molar-refractivity contribution in [3.05, 3.63) is 35.6 Å². The van der Waals surface area contributed by atoms with Gasteiger partial charge in [-0.05, 0) is 56.5 Å². The van der Waals surface area contributed by atoms with Crippen molar-refractivity contribution in [3.63, 3.8) is 0 Å². The summed E-state index contributed by atoms with van der Waals surface area (Å²) in [7, 11) is 0. The lowest BCUT2D eigenvalue weighted by atomic mass is 9.88. The molecular formula is C17H21ClN2O2. The van der Waals surface area contributed by atoms with Gasteiger partial charge >= 0.3 is 0 Å². The predicted octanol–water partition coefficient (Wildman–Crippen LogP) is 2.84. The molecule has 1 aromatic carbocycles. The van der Waals surface area contributed by atoms with Gasteiger partial charge in [-0.1, -0.05) is 11.6 Å². The minimum atomic E-state index is 0. The summed E-state index contributed by atoms with van der Waals surface area (Å²) in [6, 6.07) is 7.89. The van der Waals surface area contributed by atoms with E-state index in [1.54, 1.807) is 0 Å². The molecule has 118 valence electrons. The molecule has 2 saturated heterocycles. The van der Waals surface area contributed by atoms with Crippen molar-refractivity contribution in [1.82, 2.24) is 10.2 Å². The van der Waals surface area contributed by atoms with E-state index in [9.17, 15) is 4.79 Å². The zero-order valence-corrected chi connectivity index (χ0v) is 13.5. The summed E-state index contributed by atoms with van der Waals surface area (Å²) in [6.07, 6.45) is 1.10. The fourth-order valence-corrected chi connectivity index (χ4v) is 3.64. The van der Waals surface area contributed by atoms with Gasteiger partial charge in [-0.15, -0.1) is 12.4 Å². The number of aryl methyl sites for hydroxylation is 1. The lowest BCUT2D eigenvalue weighted by molar-refractivity contribution is 0.0613. The number of hydrogen-bond acceptors (Lipinski definition) is 3. The lowest BCUT2D eigenvalue weighted by Gasteiger charge is -2.33. The summed E-state index contributed by atoms with van der Waals surface area (Å²) >= 11 is 0. The number of benzene rings is 1. The number of fused-ring (bicyclic) bond motifs is 2. The Morgan fingerprint density at radius 1 is 1.27 bits per heavy atom. The smallest absolute Gasteiger partial charge is 0.289 e. The highest BCUT2D eigenvalue weighted by Gasteiger charge is 2.35. The van der Waals surface area contributed by atoms with Crippen molar-refractivity contribution in [1.29, 1.82) is 0 Å². The predicted molar refractivity (Wildman–Crippen MR) is 88.6 cm³/mol. The molecule has 2 aliphatic rings. The summed E-state index contributed by atoms with van der Waals surface area (Å²) in [5, 5.41) is 4.44. The van der Waals surface area contributed by atoms with E-state index in [4.69, 9.17) is 4.42 Å². The summed E-state index contributed by atoms with van der Waals surface area (Å²) in [5.41, 5.74) is 1.97. The van der Waals surface area contributed by atoms with E-state index in [2.05, 4.69) is 11.4 Å². The van der Waals surface area contributed by atoms with E-state index in [0.717, 1.165) is 49.5 Å². The van der Waals surface area contributed by atoms with Crippen LogP contribution in [0.25, 0.3) is 11.0 Å². The molecule has 2 aromatic rings. The van der Waals surface area contributed by atoms with Crippen LogP contribution in [0.15, 0.2) is 28.7 Å². The summed E-state index contributed by atoms with van der Waals surface area (Å²) in [5.74, 6) is 1.86. The first kappa shape index (κ1) is 15.4. The topological polar surface area (TPSA) is 45.5 Å². The van der Waals surface area contributed by atoms with Crippen LogP contribution >= 0.6 is 12.4 Å². The van der Waals surface area contributed by atoms with Crippen molar-refractivity contribution < 1.29 is 9.21 Å². The molecule has 0 bridgehead atoms. The number of carbonyl (C=O) groups is 1. The molecule has 0 saturated carbocycles. The van der Waals surface area contributed by atoms with E-state index in [0.29, 0.717) is 11.7 Å². The molecule has 4 rings (SSSR count). The van der Waals surface area contributed by atoms with Crippen LogP contribution in [0.2, 0.25) is 0 Å². The number of carbonyl (C=O) groups excluding carboxylic acids is 1. The van der Waals surface area contributed by atoms with Crippen LogP contribution < -0.4 is 5.32 Å². The third-order valence-electron chi connectivity index (χ3n) is 4.87. The molecule has 3 heterocycles. The third kappa shape index (κ3) is 2.61. The second-order valence-electron chi connectivity index (χ2n) is 6.37. The van der Waals surface area contributed by atoms with Crippen LogP contribution in [0, 0.1) is 18.8 Å². The van der Waals surface area contributed by atoms with Crippen LogP contribution in [-0.4, -0.2) is 37.0 Å². The van der Waals surface area contributed by atoms with Gasteiger partial charge in [0.05, 0.1) is 0 Å². The van der Waals surface area contributed by atoms with E-state index in [1.165, 1.54) is 5.56 Å². The molecular weight excluding hydrogens is 300 g/mol. The molecule has 2 fully saturated rings. The summed E-state index contributed by atoms with van der Waals surface area (Å²) in [4.78, 5) is 14.6. The van der Waals surface area contributed by atoms with E-state index < -0.39 is 0 Å². The van der Waals surface area contributed by atoms with Gasteiger partial charge in [-0.2, -0.15) is 0 Å². The Labute approximate surface area is 136 Å². The zero-order valence-electron chi connectivity index (χ0n) is 12.7. The first-order valence-electron chi connectivity index (χ1n) is 7.71. The highest BCUT2D eigenvalue weighted by Crippen LogP contribution is 2.28. The molecule has 5 heteroatoms. The number of furan rings is 1. The van der Waals surface area contributed by atoms with Gasteiger partial charge < -0.3 is 14.6 Å². The number of rotatable bonds is 1. The van der Waals surface area contributed by atoms with Crippen molar-refractivity contribution in [2.45, 2.75) is 13.3 Å². The number of nitrogens with zero attached hydrogens (tertiary/aromatic N) is 1. The van der Waals surface area contributed by atoms with E-state index in [-0.39, 0.29) is 18.3 Å². The Hall–Kier alpha value is -1.52. The maximum atomic E-state index is 12.7. The fourth-order valence-electron chi connectivity index (χ4n) is 3.64. The quantitative estimate of drug-likeness (QED) is 0.879. The first-order chi connectivity index (χ1) is 10.2. The SMILES string of the molecule is Cc1ccc2oc(C(=O)N3CCC4CNCC4C3)cc2c1.Cl. The van der Waals surface area contributed by atoms with Crippen molar-refractivity contribution in [3.8, 4) is 0 Å². The monoisotopic (exact) mass is 320 g/mol. The van der Waals surface area contributed by atoms with Gasteiger partial charge in [-0.3, -0.25) is 4.79 Å². The number of likely N-dealkylation sites (tertiary alicyclic amines) is 1. The second-order valence-corrected chi connectivity index (χ2v) is 6.37. The normalized spacial score (nSPS) is 24.1. The number of amides is 1. The number of hydrogen-bond donors (Lipinski definition) is 1. The summed E-state index contributed by atoms with van der Waals surface area (Å²) < 4.78 is 5.74. The maximum absolute atomic E-state index is 12.7. The molecule has 0 aliphatic carbocycles. The highest BCUT2D eigenvalue weighted by molar-refractivity contribution is 5.96. The van der Waals surface area contributed by atoms with Crippen LogP contribution in [0.1, 0.15) is 22.5 Å². The van der Waals surface area contributed by atoms with E-state index in [1.807, 2.05) is 30.0 Å². The van der Waals surface area contributed by atoms with Gasteiger partial charge in [0.25, 0.3) is 5.91 Å². The van der Waals surface area contributed by atoms with Crippen LogP contribution in [0.4, 0.5) is 0 Å². The minimum Gasteiger partial charge on any atom is -0.451 e. The van der Waals surface area contributed by atoms with E-state index >= 15 is 0 Å². The second kappa shape index (κ2) is 5.94. The van der Waals surface area contributed by atoms with Crippen LogP contribution in [-0.2, 0) is 0 Å². The van der Waals surface area contributed by atoms with Crippen LogP contribution in [0.3, 0.4) is 0 Å². The number of nitrogens with one attached hydrogen (secondary N) is 1. The molecule has 1 aromatic heterocycles. The highest BCUT2D eigenvalue weighted by atomic mass is 35.5. The first-order valence-corrected chi connectivity index (χ1v) is 7.71. The number of piperidine rings is 1. The van der Waals surface area contributed by atoms with Crippen molar-refractivity contribution in [2.24, 2.45) is 11.8 Å². The van der Waals surface area contributed by atoms with Crippen molar-refractivity contribution in [2.75, 3.05) is 26.2 Å². The summed E-state index contributed by atoms with van der Waals surface area (Å²) in [6.45, 7) is 5.89. The third-order valence-corrected chi connectivity index (χ3v) is 4.87. The average molecular weight is 321 g/mol. The Bertz CT molecular complexity index is 697. The molecule has 0 spiro atoms. The Morgan fingerprint density at radius 3 is 2.95 bits per heavy atom. The molecule has 1 amide bonds. The molecule has 2 aliphatic heterocycles. The largest absolute Gasteiger partial charge is 0.451 e. The van der Waals surface area contributed by atoms with Gasteiger partial charge in [0.2, 0.25) is 0 Å². The maximum Gasteiger partial charge on any atom is 0.289 e. The fraction of sp³-hybridized carbons (Fsp3) is 0.471. The zero-order chi connectivity index (χ0) is 14.4. The Morgan fingerprint density at radius 2 is 2.09 bits per heavy atom. The number of halogens is 1. The Balaban J connectivity index is 0.00000144. The van der Waals surface area contributed by atoms with Gasteiger partial charge in [0.15, 0.2) is 5.76 Å². The molecule has 4 nitrogen and oxygen atoms in total. The average Bonchev–Trinajstić information content (AvgIpc) is 3.11. The molecule has 22 heavy (non-hydrogen) atoms. The van der Waals surface area contributed by atoms with Gasteiger partial charge in [0, 0.05) is 18.5 Å². The van der Waals surface area contributed by atoms with Gasteiger partial charge in [0.1, 0.15) is 5.58 Å². The molecule has 0 radical (unpaired) electrons. The minimum absolute atomic E-state index is 0. The molecule has 2 atom stereocenters. The Kier molecular flexibility index (Phi) is 4.15. The van der Waals surface area contributed by atoms with Crippen molar-refractivity contribution >= 4 is 29.3 Å². The van der Waals surface area contributed by atoms with Gasteiger partial charge in [-0.25, -0.2) is 0 Å².